The SMILES string of the molecule is Cc1c(C(c2ccc3c(c2)CN(C)CC3)C(C)(C)C(=O)O)ccc2c1nnn2CCCCCc1ccc(C=O)cc1. The number of carboxylic acids is 1. The number of carbonyl (C=O) groups excluding carboxylic acids is 1. The van der Waals surface area contributed by atoms with Crippen LogP contribution in [0.5, 0.6) is 0 Å². The quantitative estimate of drug-likeness (QED) is 0.176. The van der Waals surface area contributed by atoms with E-state index < -0.39 is 11.4 Å². The third kappa shape index (κ3) is 5.96. The van der Waals surface area contributed by atoms with Crippen molar-refractivity contribution >= 4 is 23.3 Å². The predicted octanol–water partition coefficient (Wildman–Crippen LogP) is 6.20. The number of carbonyl (C=O) groups is 2. The van der Waals surface area contributed by atoms with Crippen molar-refractivity contribution in [3.05, 3.63) is 93.5 Å². The molecule has 0 saturated heterocycles. The highest BCUT2D eigenvalue weighted by Crippen LogP contribution is 2.44. The summed E-state index contributed by atoms with van der Waals surface area (Å²) in [4.78, 5) is 25.7. The largest absolute Gasteiger partial charge is 0.481 e. The van der Waals surface area contributed by atoms with Gasteiger partial charge in [-0.25, -0.2) is 4.68 Å². The van der Waals surface area contributed by atoms with Crippen molar-refractivity contribution in [3.63, 3.8) is 0 Å². The van der Waals surface area contributed by atoms with E-state index in [4.69, 9.17) is 0 Å². The normalized spacial score (nSPS) is 14.6. The van der Waals surface area contributed by atoms with E-state index in [1.54, 1.807) is 0 Å². The van der Waals surface area contributed by atoms with Crippen LogP contribution in [0.1, 0.15) is 82.8 Å². The first-order valence-electron chi connectivity index (χ1n) is 14.6. The predicted molar refractivity (Wildman–Crippen MR) is 161 cm³/mol. The molecule has 1 aromatic heterocycles. The van der Waals surface area contributed by atoms with Gasteiger partial charge in [0.15, 0.2) is 0 Å². The summed E-state index contributed by atoms with van der Waals surface area (Å²) in [6.45, 7) is 8.39. The van der Waals surface area contributed by atoms with Gasteiger partial charge in [-0.15, -0.1) is 5.10 Å². The summed E-state index contributed by atoms with van der Waals surface area (Å²) in [5.41, 5.74) is 8.39. The summed E-state index contributed by atoms with van der Waals surface area (Å²) in [5, 5.41) is 19.3. The van der Waals surface area contributed by atoms with E-state index in [1.807, 2.05) is 49.7 Å². The van der Waals surface area contributed by atoms with E-state index in [0.717, 1.165) is 85.7 Å². The van der Waals surface area contributed by atoms with E-state index >= 15 is 0 Å². The zero-order chi connectivity index (χ0) is 29.1. The zero-order valence-electron chi connectivity index (χ0n) is 24.6. The highest BCUT2D eigenvalue weighted by atomic mass is 16.4. The lowest BCUT2D eigenvalue weighted by atomic mass is 9.69. The second-order valence-electron chi connectivity index (χ2n) is 12.1. The Morgan fingerprint density at radius 2 is 1.83 bits per heavy atom. The number of likely N-dealkylation sites (N-methyl/N-ethyl adjacent to an activating group) is 1. The number of fused-ring (bicyclic) bond motifs is 2. The van der Waals surface area contributed by atoms with Crippen molar-refractivity contribution < 1.29 is 14.7 Å². The fraction of sp³-hybridized carbons (Fsp3) is 0.412. The molecular formula is C34H40N4O3. The Kier molecular flexibility index (Phi) is 8.36. The Hall–Kier alpha value is -3.84. The number of rotatable bonds is 11. The summed E-state index contributed by atoms with van der Waals surface area (Å²) in [5.74, 6) is -1.15. The number of aliphatic carboxylic acids is 1. The maximum absolute atomic E-state index is 12.6. The smallest absolute Gasteiger partial charge is 0.310 e. The van der Waals surface area contributed by atoms with Gasteiger partial charge in [0.25, 0.3) is 0 Å². The Balaban J connectivity index is 1.35. The monoisotopic (exact) mass is 552 g/mol. The molecule has 2 heterocycles. The van der Waals surface area contributed by atoms with Gasteiger partial charge in [0.1, 0.15) is 11.8 Å². The molecule has 0 aliphatic carbocycles. The lowest BCUT2D eigenvalue weighted by molar-refractivity contribution is -0.147. The van der Waals surface area contributed by atoms with Gasteiger partial charge in [-0.2, -0.15) is 0 Å². The number of benzene rings is 3. The van der Waals surface area contributed by atoms with Crippen molar-refractivity contribution in [1.29, 1.82) is 0 Å². The van der Waals surface area contributed by atoms with Gasteiger partial charge >= 0.3 is 5.97 Å². The molecule has 3 aromatic carbocycles. The molecule has 1 atom stereocenters. The molecule has 4 aromatic rings. The van der Waals surface area contributed by atoms with Crippen LogP contribution in [0.3, 0.4) is 0 Å². The van der Waals surface area contributed by atoms with Crippen LogP contribution in [0, 0.1) is 12.3 Å². The minimum absolute atomic E-state index is 0.326. The molecule has 0 amide bonds. The topological polar surface area (TPSA) is 88.3 Å². The van der Waals surface area contributed by atoms with Crippen LogP contribution >= 0.6 is 0 Å². The third-order valence-corrected chi connectivity index (χ3v) is 8.78. The Morgan fingerprint density at radius 3 is 2.56 bits per heavy atom. The van der Waals surface area contributed by atoms with Crippen LogP contribution in [-0.4, -0.2) is 50.8 Å². The molecule has 7 heteroatoms. The Labute approximate surface area is 242 Å². The third-order valence-electron chi connectivity index (χ3n) is 8.78. The highest BCUT2D eigenvalue weighted by Gasteiger charge is 2.40. The number of aromatic nitrogens is 3. The number of nitrogens with zero attached hydrogens (tertiary/aromatic N) is 4. The number of aldehydes is 1. The molecule has 0 radical (unpaired) electrons. The zero-order valence-corrected chi connectivity index (χ0v) is 24.6. The summed E-state index contributed by atoms with van der Waals surface area (Å²) < 4.78 is 1.97. The average molecular weight is 553 g/mol. The van der Waals surface area contributed by atoms with Crippen LogP contribution in [0.2, 0.25) is 0 Å². The molecular weight excluding hydrogens is 512 g/mol. The number of carboxylic acid groups (broad SMARTS) is 1. The molecule has 7 nitrogen and oxygen atoms in total. The molecule has 1 aliphatic rings. The van der Waals surface area contributed by atoms with Gasteiger partial charge in [-0.3, -0.25) is 9.59 Å². The summed E-state index contributed by atoms with van der Waals surface area (Å²) in [7, 11) is 2.13. The van der Waals surface area contributed by atoms with Crippen LogP contribution in [-0.2, 0) is 30.7 Å². The van der Waals surface area contributed by atoms with E-state index in [1.165, 1.54) is 16.7 Å². The molecule has 0 spiro atoms. The second kappa shape index (κ2) is 12.0. The van der Waals surface area contributed by atoms with Crippen molar-refractivity contribution in [2.75, 3.05) is 13.6 Å². The van der Waals surface area contributed by atoms with Crippen LogP contribution in [0.25, 0.3) is 11.0 Å². The van der Waals surface area contributed by atoms with Gasteiger partial charge in [-0.05, 0) is 92.9 Å². The maximum atomic E-state index is 12.6. The van der Waals surface area contributed by atoms with Crippen LogP contribution < -0.4 is 0 Å². The second-order valence-corrected chi connectivity index (χ2v) is 12.1. The summed E-state index contributed by atoms with van der Waals surface area (Å²) in [6.07, 6.45) is 6.00. The first-order valence-corrected chi connectivity index (χ1v) is 14.6. The van der Waals surface area contributed by atoms with Crippen LogP contribution in [0.15, 0.2) is 54.6 Å². The molecule has 0 bridgehead atoms. The Morgan fingerprint density at radius 1 is 1.05 bits per heavy atom. The average Bonchev–Trinajstić information content (AvgIpc) is 3.38. The number of unbranched alkanes of at least 4 members (excludes halogenated alkanes) is 2. The van der Waals surface area contributed by atoms with E-state index in [-0.39, 0.29) is 5.92 Å². The number of hydrogen-bond acceptors (Lipinski definition) is 5. The van der Waals surface area contributed by atoms with Gasteiger partial charge in [0.05, 0.1) is 10.9 Å². The number of hydrogen-bond donors (Lipinski definition) is 1. The van der Waals surface area contributed by atoms with Gasteiger partial charge in [0.2, 0.25) is 0 Å². The first-order chi connectivity index (χ1) is 19.7. The summed E-state index contributed by atoms with van der Waals surface area (Å²) >= 11 is 0. The highest BCUT2D eigenvalue weighted by molar-refractivity contribution is 5.82. The number of aryl methyl sites for hydroxylation is 3. The van der Waals surface area contributed by atoms with Crippen LogP contribution in [0.4, 0.5) is 0 Å². The fourth-order valence-corrected chi connectivity index (χ4v) is 6.20. The van der Waals surface area contributed by atoms with E-state index in [9.17, 15) is 14.7 Å². The van der Waals surface area contributed by atoms with Crippen molar-refractivity contribution in [1.82, 2.24) is 19.9 Å². The molecule has 1 unspecified atom stereocenters. The molecule has 5 rings (SSSR count). The molecule has 0 fully saturated rings. The maximum Gasteiger partial charge on any atom is 0.310 e. The fourth-order valence-electron chi connectivity index (χ4n) is 6.20. The standard InChI is InChI=1S/C34H40N4O3/c1-23-29(31(34(2,3)33(40)41)27-14-13-26-17-19-37(4)21-28(26)20-27)15-16-30-32(23)35-36-38(30)18-7-5-6-8-24-9-11-25(22-39)12-10-24/h9-16,20,22,31H,5-8,17-19,21H2,1-4H3,(H,40,41). The van der Waals surface area contributed by atoms with Gasteiger partial charge < -0.3 is 10.0 Å². The summed E-state index contributed by atoms with van der Waals surface area (Å²) in [6, 6.07) is 18.5. The van der Waals surface area contributed by atoms with Gasteiger partial charge in [0, 0.05) is 31.1 Å². The molecule has 0 saturated carbocycles. The molecule has 41 heavy (non-hydrogen) atoms. The van der Waals surface area contributed by atoms with Crippen molar-refractivity contribution in [3.8, 4) is 0 Å². The van der Waals surface area contributed by atoms with E-state index in [0.29, 0.717) is 5.56 Å². The Bertz CT molecular complexity index is 1550. The lowest BCUT2D eigenvalue weighted by Gasteiger charge is -2.34. The molecule has 1 aliphatic heterocycles. The lowest BCUT2D eigenvalue weighted by Crippen LogP contribution is -2.33. The molecule has 214 valence electrons. The van der Waals surface area contributed by atoms with Gasteiger partial charge in [-0.1, -0.05) is 60.2 Å². The minimum atomic E-state index is -1.02. The van der Waals surface area contributed by atoms with Crippen molar-refractivity contribution in [2.45, 2.75) is 71.9 Å². The molecule has 1 N–H and O–H groups in total. The van der Waals surface area contributed by atoms with E-state index in [2.05, 4.69) is 52.6 Å². The first kappa shape index (κ1) is 28.7. The minimum Gasteiger partial charge on any atom is -0.481 e. The van der Waals surface area contributed by atoms with Crippen molar-refractivity contribution in [2.24, 2.45) is 5.41 Å².